The molecule has 162 valence electrons. The van der Waals surface area contributed by atoms with E-state index in [2.05, 4.69) is 20.4 Å². The zero-order chi connectivity index (χ0) is 22.2. The largest absolute Gasteiger partial charge is 0.249 e. The molecule has 0 radical (unpaired) electrons. The number of pyridine rings is 1. The molecule has 0 unspecified atom stereocenters. The van der Waals surface area contributed by atoms with Gasteiger partial charge in [-0.25, -0.2) is 23.7 Å². The van der Waals surface area contributed by atoms with Crippen LogP contribution >= 0.6 is 0 Å². The van der Waals surface area contributed by atoms with Crippen molar-refractivity contribution in [3.63, 3.8) is 0 Å². The third kappa shape index (κ3) is 3.73. The maximum Gasteiger partial charge on any atom is 0.185 e. The highest BCUT2D eigenvalue weighted by Gasteiger charge is 2.24. The van der Waals surface area contributed by atoms with Gasteiger partial charge in [0.15, 0.2) is 12.3 Å². The van der Waals surface area contributed by atoms with Gasteiger partial charge in [0, 0.05) is 24.8 Å². The number of hydrogen-bond acceptors (Lipinski definition) is 5. The van der Waals surface area contributed by atoms with Crippen LogP contribution in [0, 0.1) is 27.7 Å². The van der Waals surface area contributed by atoms with E-state index in [0.29, 0.717) is 0 Å². The van der Waals surface area contributed by atoms with Gasteiger partial charge in [-0.1, -0.05) is 6.07 Å². The van der Waals surface area contributed by atoms with Crippen molar-refractivity contribution in [2.75, 3.05) is 0 Å². The van der Waals surface area contributed by atoms with Crippen molar-refractivity contribution >= 4 is 0 Å². The van der Waals surface area contributed by atoms with Crippen LogP contribution in [-0.2, 0) is 0 Å². The topological polar surface area (TPSA) is 84.2 Å². The van der Waals surface area contributed by atoms with Gasteiger partial charge >= 0.3 is 0 Å². The summed E-state index contributed by atoms with van der Waals surface area (Å²) in [5.41, 5.74) is 5.95. The van der Waals surface area contributed by atoms with Gasteiger partial charge in [0.05, 0.1) is 36.2 Å². The molecule has 0 bridgehead atoms. The lowest BCUT2D eigenvalue weighted by Gasteiger charge is -2.22. The van der Waals surface area contributed by atoms with Crippen molar-refractivity contribution in [1.82, 2.24) is 44.1 Å². The summed E-state index contributed by atoms with van der Waals surface area (Å²) < 4.78 is 7.55. The Bertz CT molecular complexity index is 1170. The van der Waals surface area contributed by atoms with Gasteiger partial charge in [-0.05, 0) is 62.1 Å². The maximum atomic E-state index is 5.07. The molecular formula is C23H25N9. The van der Waals surface area contributed by atoms with Crippen molar-refractivity contribution in [2.24, 2.45) is 0 Å². The lowest BCUT2D eigenvalue weighted by atomic mass is 10.2. The third-order valence-electron chi connectivity index (χ3n) is 5.25. The van der Waals surface area contributed by atoms with Crippen LogP contribution in [0.15, 0.2) is 67.8 Å². The first-order chi connectivity index (χ1) is 15.5. The smallest absolute Gasteiger partial charge is 0.185 e. The minimum atomic E-state index is -0.309. The number of aryl methyl sites for hydroxylation is 4. The summed E-state index contributed by atoms with van der Waals surface area (Å²) in [5, 5.41) is 18.2. The van der Waals surface area contributed by atoms with Gasteiger partial charge in [-0.15, -0.1) is 0 Å². The summed E-state index contributed by atoms with van der Waals surface area (Å²) in [5.74, 6) is 0. The highest BCUT2D eigenvalue weighted by molar-refractivity contribution is 5.21. The summed E-state index contributed by atoms with van der Waals surface area (Å²) in [6.07, 6.45) is 14.8. The van der Waals surface area contributed by atoms with Crippen molar-refractivity contribution in [2.45, 2.75) is 40.0 Å². The van der Waals surface area contributed by atoms with Crippen molar-refractivity contribution < 1.29 is 0 Å². The Balaban J connectivity index is 1.64. The second-order valence-electron chi connectivity index (χ2n) is 8.23. The Morgan fingerprint density at radius 1 is 0.531 bits per heavy atom. The fraction of sp³-hybridized carbons (Fsp3) is 0.261. The Hall–Kier alpha value is -4.01. The molecule has 0 amide bonds. The Morgan fingerprint density at radius 2 is 0.844 bits per heavy atom. The Labute approximate surface area is 185 Å². The van der Waals surface area contributed by atoms with E-state index in [1.807, 2.05) is 114 Å². The van der Waals surface area contributed by atoms with Crippen LogP contribution in [0.5, 0.6) is 0 Å². The maximum absolute atomic E-state index is 5.07. The molecule has 9 heteroatoms. The molecule has 0 aliphatic carbocycles. The van der Waals surface area contributed by atoms with Crippen LogP contribution < -0.4 is 0 Å². The fourth-order valence-electron chi connectivity index (χ4n) is 3.81. The molecule has 0 fully saturated rings. The van der Waals surface area contributed by atoms with Crippen molar-refractivity contribution in [3.05, 3.63) is 101 Å². The lowest BCUT2D eigenvalue weighted by Crippen LogP contribution is -2.25. The van der Waals surface area contributed by atoms with Gasteiger partial charge in [0.1, 0.15) is 0 Å². The summed E-state index contributed by atoms with van der Waals surface area (Å²) >= 11 is 0. The van der Waals surface area contributed by atoms with Crippen LogP contribution in [-0.4, -0.2) is 44.1 Å². The summed E-state index contributed by atoms with van der Waals surface area (Å²) in [4.78, 5) is 5.07. The first kappa shape index (κ1) is 19.9. The average Bonchev–Trinajstić information content (AvgIpc) is 3.55. The van der Waals surface area contributed by atoms with Crippen LogP contribution in [0.4, 0.5) is 0 Å². The van der Waals surface area contributed by atoms with Crippen molar-refractivity contribution in [1.29, 1.82) is 0 Å². The molecule has 5 aromatic heterocycles. The molecule has 0 N–H and O–H groups in total. The van der Waals surface area contributed by atoms with E-state index >= 15 is 0 Å². The normalized spacial score (nSPS) is 11.7. The van der Waals surface area contributed by atoms with Gasteiger partial charge in [-0.3, -0.25) is 0 Å². The average molecular weight is 428 g/mol. The van der Waals surface area contributed by atoms with E-state index in [-0.39, 0.29) is 12.3 Å². The molecule has 32 heavy (non-hydrogen) atoms. The molecule has 5 aromatic rings. The molecule has 0 atom stereocenters. The minimum Gasteiger partial charge on any atom is -0.249 e. The predicted molar refractivity (Wildman–Crippen MR) is 119 cm³/mol. The molecule has 0 aliphatic heterocycles. The minimum absolute atomic E-state index is 0.309. The SMILES string of the molecule is Cc1cnn(C(c2cccc(C(n3cc(C)cn3)n3cc(C)cn3)n2)n2cc(C)cn2)c1. The molecular weight excluding hydrogens is 402 g/mol. The molecule has 5 heterocycles. The molecule has 0 aromatic carbocycles. The van der Waals surface area contributed by atoms with E-state index < -0.39 is 0 Å². The van der Waals surface area contributed by atoms with Gasteiger partial charge < -0.3 is 0 Å². The Kier molecular flexibility index (Phi) is 4.93. The van der Waals surface area contributed by atoms with E-state index in [9.17, 15) is 0 Å². The Morgan fingerprint density at radius 3 is 1.09 bits per heavy atom. The predicted octanol–water partition coefficient (Wildman–Crippen LogP) is 3.29. The molecule has 0 spiro atoms. The number of aromatic nitrogens is 9. The summed E-state index contributed by atoms with van der Waals surface area (Å²) in [6, 6.07) is 6.01. The fourth-order valence-corrected chi connectivity index (χ4v) is 3.81. The third-order valence-corrected chi connectivity index (χ3v) is 5.25. The van der Waals surface area contributed by atoms with Crippen LogP contribution in [0.2, 0.25) is 0 Å². The van der Waals surface area contributed by atoms with Gasteiger partial charge in [0.2, 0.25) is 0 Å². The molecule has 9 nitrogen and oxygen atoms in total. The molecule has 5 rings (SSSR count). The summed E-state index contributed by atoms with van der Waals surface area (Å²) in [6.45, 7) is 8.09. The van der Waals surface area contributed by atoms with E-state index in [4.69, 9.17) is 4.98 Å². The zero-order valence-corrected chi connectivity index (χ0v) is 18.5. The highest BCUT2D eigenvalue weighted by Crippen LogP contribution is 2.24. The lowest BCUT2D eigenvalue weighted by molar-refractivity contribution is 0.390. The first-order valence-electron chi connectivity index (χ1n) is 10.5. The van der Waals surface area contributed by atoms with E-state index in [1.54, 1.807) is 0 Å². The second-order valence-corrected chi connectivity index (χ2v) is 8.23. The number of nitrogens with zero attached hydrogens (tertiary/aromatic N) is 9. The highest BCUT2D eigenvalue weighted by atomic mass is 15.5. The zero-order valence-electron chi connectivity index (χ0n) is 18.5. The van der Waals surface area contributed by atoms with Gasteiger partial charge in [-0.2, -0.15) is 20.4 Å². The van der Waals surface area contributed by atoms with E-state index in [1.165, 1.54) is 0 Å². The van der Waals surface area contributed by atoms with Gasteiger partial charge in [0.25, 0.3) is 0 Å². The summed E-state index contributed by atoms with van der Waals surface area (Å²) in [7, 11) is 0. The standard InChI is InChI=1S/C23H25N9/c1-16-8-24-29(12-16)22(30-13-17(2)9-25-30)20-6-5-7-21(28-20)23(31-14-18(3)10-26-31)32-15-19(4)11-27-32/h5-15,22-23H,1-4H3. The molecule has 0 saturated heterocycles. The monoisotopic (exact) mass is 427 g/mol. The molecule has 0 aliphatic rings. The first-order valence-corrected chi connectivity index (χ1v) is 10.5. The van der Waals surface area contributed by atoms with Crippen LogP contribution in [0.3, 0.4) is 0 Å². The second kappa shape index (κ2) is 7.92. The van der Waals surface area contributed by atoms with Crippen LogP contribution in [0.25, 0.3) is 0 Å². The number of rotatable bonds is 6. The molecule has 0 saturated carbocycles. The van der Waals surface area contributed by atoms with E-state index in [0.717, 1.165) is 33.6 Å². The number of hydrogen-bond donors (Lipinski definition) is 0. The quantitative estimate of drug-likeness (QED) is 0.415. The van der Waals surface area contributed by atoms with Crippen LogP contribution in [0.1, 0.15) is 46.0 Å². The van der Waals surface area contributed by atoms with Crippen molar-refractivity contribution in [3.8, 4) is 0 Å².